The Morgan fingerprint density at radius 2 is 2.18 bits per heavy atom. The van der Waals surface area contributed by atoms with E-state index < -0.39 is 16.0 Å². The molecule has 0 saturated heterocycles. The van der Waals surface area contributed by atoms with Gasteiger partial charge < -0.3 is 4.74 Å². The molecule has 0 bridgehead atoms. The number of hydrogen-bond acceptors (Lipinski definition) is 4. The van der Waals surface area contributed by atoms with Gasteiger partial charge in [-0.1, -0.05) is 22.4 Å². The van der Waals surface area contributed by atoms with Crippen molar-refractivity contribution in [3.8, 4) is 0 Å². The summed E-state index contributed by atoms with van der Waals surface area (Å²) in [7, 11) is -3.39. The third-order valence-corrected chi connectivity index (χ3v) is 5.14. The first-order valence-electron chi connectivity index (χ1n) is 5.74. The van der Waals surface area contributed by atoms with Crippen LogP contribution in [0.25, 0.3) is 0 Å². The van der Waals surface area contributed by atoms with Crippen molar-refractivity contribution in [2.24, 2.45) is 0 Å². The molecule has 0 aromatic rings. The molecule has 1 saturated carbocycles. The summed E-state index contributed by atoms with van der Waals surface area (Å²) < 4.78 is 30.7. The van der Waals surface area contributed by atoms with Crippen LogP contribution in [-0.2, 0) is 19.6 Å². The van der Waals surface area contributed by atoms with Crippen LogP contribution >= 0.6 is 15.9 Å². The van der Waals surface area contributed by atoms with E-state index in [4.69, 9.17) is 0 Å². The van der Waals surface area contributed by atoms with Crippen LogP contribution < -0.4 is 4.72 Å². The zero-order chi connectivity index (χ0) is 12.9. The quantitative estimate of drug-likeness (QED) is 0.587. The first kappa shape index (κ1) is 14.9. The van der Waals surface area contributed by atoms with Gasteiger partial charge in [0.25, 0.3) is 0 Å². The molecular weight excluding hydrogens is 310 g/mol. The average Bonchev–Trinajstić information content (AvgIpc) is 2.62. The molecule has 7 heteroatoms. The second-order valence-corrected chi connectivity index (χ2v) is 7.09. The summed E-state index contributed by atoms with van der Waals surface area (Å²) in [6, 6.07) is -0.0535. The van der Waals surface area contributed by atoms with Gasteiger partial charge >= 0.3 is 5.97 Å². The van der Waals surface area contributed by atoms with Crippen molar-refractivity contribution in [2.45, 2.75) is 43.5 Å². The second-order valence-electron chi connectivity index (χ2n) is 4.05. The normalized spacial score (nSPS) is 24.8. The molecule has 0 heterocycles. The van der Waals surface area contributed by atoms with Crippen molar-refractivity contribution in [3.05, 3.63) is 0 Å². The molecule has 100 valence electrons. The standard InChI is InChI=1S/C10H18BrNO4S/c1-2-16-10(13)6-7-17(14,15)12-9-5-3-4-8(9)11/h8-9,12H,2-7H2,1H3. The highest BCUT2D eigenvalue weighted by Gasteiger charge is 2.28. The average molecular weight is 328 g/mol. The minimum atomic E-state index is -3.39. The topological polar surface area (TPSA) is 72.5 Å². The number of halogens is 1. The summed E-state index contributed by atoms with van der Waals surface area (Å²) in [5.41, 5.74) is 0. The third-order valence-electron chi connectivity index (χ3n) is 2.64. The van der Waals surface area contributed by atoms with Gasteiger partial charge in [0.15, 0.2) is 0 Å². The van der Waals surface area contributed by atoms with E-state index in [1.165, 1.54) is 0 Å². The lowest BCUT2D eigenvalue weighted by molar-refractivity contribution is -0.142. The Bertz CT molecular complexity index is 357. The molecule has 1 fully saturated rings. The zero-order valence-corrected chi connectivity index (χ0v) is 12.2. The Kier molecular flexibility index (Phi) is 5.88. The molecule has 0 aliphatic heterocycles. The monoisotopic (exact) mass is 327 g/mol. The Hall–Kier alpha value is -0.140. The van der Waals surface area contributed by atoms with Crippen LogP contribution in [0.3, 0.4) is 0 Å². The summed E-state index contributed by atoms with van der Waals surface area (Å²) in [6.45, 7) is 1.97. The number of sulfonamides is 1. The summed E-state index contributed by atoms with van der Waals surface area (Å²) >= 11 is 3.44. The molecule has 0 radical (unpaired) electrons. The van der Waals surface area contributed by atoms with Crippen LogP contribution in [0.5, 0.6) is 0 Å². The first-order valence-corrected chi connectivity index (χ1v) is 8.31. The highest BCUT2D eigenvalue weighted by molar-refractivity contribution is 9.09. The fourth-order valence-electron chi connectivity index (χ4n) is 1.79. The van der Waals surface area contributed by atoms with Crippen LogP contribution in [0.15, 0.2) is 0 Å². The van der Waals surface area contributed by atoms with Crippen molar-refractivity contribution < 1.29 is 17.9 Å². The van der Waals surface area contributed by atoms with Gasteiger partial charge in [0.2, 0.25) is 10.0 Å². The Balaban J connectivity index is 2.38. The Labute approximate surface area is 110 Å². The van der Waals surface area contributed by atoms with Crippen LogP contribution in [0, 0.1) is 0 Å². The second kappa shape index (κ2) is 6.70. The predicted octanol–water partition coefficient (Wildman–Crippen LogP) is 1.17. The van der Waals surface area contributed by atoms with E-state index >= 15 is 0 Å². The molecule has 0 amide bonds. The van der Waals surface area contributed by atoms with E-state index in [0.717, 1.165) is 19.3 Å². The number of carbonyl (C=O) groups excluding carboxylic acids is 1. The van der Waals surface area contributed by atoms with Gasteiger partial charge in [-0.3, -0.25) is 4.79 Å². The zero-order valence-electron chi connectivity index (χ0n) is 9.82. The number of carbonyl (C=O) groups is 1. The van der Waals surface area contributed by atoms with Crippen LogP contribution in [0.1, 0.15) is 32.6 Å². The molecular formula is C10H18BrNO4S. The smallest absolute Gasteiger partial charge is 0.306 e. The van der Waals surface area contributed by atoms with Gasteiger partial charge in [-0.25, -0.2) is 13.1 Å². The molecule has 1 aliphatic carbocycles. The van der Waals surface area contributed by atoms with E-state index in [9.17, 15) is 13.2 Å². The summed E-state index contributed by atoms with van der Waals surface area (Å²) in [5, 5.41) is 0. The third kappa shape index (κ3) is 5.35. The lowest BCUT2D eigenvalue weighted by atomic mass is 10.3. The van der Waals surface area contributed by atoms with Gasteiger partial charge in [-0.15, -0.1) is 0 Å². The lowest BCUT2D eigenvalue weighted by Crippen LogP contribution is -2.39. The summed E-state index contributed by atoms with van der Waals surface area (Å²) in [5.74, 6) is -0.679. The Morgan fingerprint density at radius 1 is 1.47 bits per heavy atom. The van der Waals surface area contributed by atoms with Crippen LogP contribution in [0.2, 0.25) is 0 Å². The highest BCUT2D eigenvalue weighted by Crippen LogP contribution is 2.26. The molecule has 5 nitrogen and oxygen atoms in total. The number of hydrogen-bond donors (Lipinski definition) is 1. The number of ether oxygens (including phenoxy) is 1. The van der Waals surface area contributed by atoms with Crippen molar-refractivity contribution in [1.82, 2.24) is 4.72 Å². The molecule has 1 rings (SSSR count). The Morgan fingerprint density at radius 3 is 2.71 bits per heavy atom. The van der Waals surface area contributed by atoms with E-state index in [1.54, 1.807) is 6.92 Å². The molecule has 1 aliphatic rings. The van der Waals surface area contributed by atoms with Crippen molar-refractivity contribution in [2.75, 3.05) is 12.4 Å². The van der Waals surface area contributed by atoms with Gasteiger partial charge in [-0.05, 0) is 19.8 Å². The summed E-state index contributed by atoms with van der Waals surface area (Å²) in [6.07, 6.45) is 2.74. The van der Waals surface area contributed by atoms with Crippen molar-refractivity contribution in [3.63, 3.8) is 0 Å². The molecule has 0 aromatic heterocycles. The van der Waals surface area contributed by atoms with E-state index in [0.29, 0.717) is 0 Å². The maximum Gasteiger partial charge on any atom is 0.306 e. The molecule has 0 spiro atoms. The SMILES string of the molecule is CCOC(=O)CCS(=O)(=O)NC1CCCC1Br. The number of nitrogens with one attached hydrogen (secondary N) is 1. The minimum absolute atomic E-state index is 0.0535. The van der Waals surface area contributed by atoms with Crippen LogP contribution in [-0.4, -0.2) is 37.6 Å². The fourth-order valence-corrected chi connectivity index (χ4v) is 3.98. The van der Waals surface area contributed by atoms with Gasteiger partial charge in [0.05, 0.1) is 18.8 Å². The fraction of sp³-hybridized carbons (Fsp3) is 0.900. The molecule has 0 aromatic carbocycles. The largest absolute Gasteiger partial charge is 0.466 e. The van der Waals surface area contributed by atoms with Gasteiger partial charge in [-0.2, -0.15) is 0 Å². The van der Waals surface area contributed by atoms with E-state index in [1.807, 2.05) is 0 Å². The van der Waals surface area contributed by atoms with Crippen LogP contribution in [0.4, 0.5) is 0 Å². The number of alkyl halides is 1. The number of esters is 1. The summed E-state index contributed by atoms with van der Waals surface area (Å²) in [4.78, 5) is 11.3. The van der Waals surface area contributed by atoms with Crippen molar-refractivity contribution in [1.29, 1.82) is 0 Å². The predicted molar refractivity (Wildman–Crippen MR) is 68.5 cm³/mol. The first-order chi connectivity index (χ1) is 7.94. The number of rotatable bonds is 6. The molecule has 1 N–H and O–H groups in total. The van der Waals surface area contributed by atoms with Gasteiger partial charge in [0.1, 0.15) is 0 Å². The minimum Gasteiger partial charge on any atom is -0.466 e. The maximum absolute atomic E-state index is 11.7. The molecule has 2 atom stereocenters. The maximum atomic E-state index is 11.7. The van der Waals surface area contributed by atoms with E-state index in [2.05, 4.69) is 25.4 Å². The van der Waals surface area contributed by atoms with Crippen molar-refractivity contribution >= 4 is 31.9 Å². The molecule has 2 unspecified atom stereocenters. The van der Waals surface area contributed by atoms with Gasteiger partial charge in [0, 0.05) is 10.9 Å². The molecule has 17 heavy (non-hydrogen) atoms. The lowest BCUT2D eigenvalue weighted by Gasteiger charge is -2.15. The highest BCUT2D eigenvalue weighted by atomic mass is 79.9. The van der Waals surface area contributed by atoms with E-state index in [-0.39, 0.29) is 29.6 Å².